The summed E-state index contributed by atoms with van der Waals surface area (Å²) in [6.45, 7) is 5.87. The van der Waals surface area contributed by atoms with Gasteiger partial charge in [-0.15, -0.1) is 0 Å². The maximum atomic E-state index is 12.4. The van der Waals surface area contributed by atoms with Gasteiger partial charge in [0.05, 0.1) is 0 Å². The van der Waals surface area contributed by atoms with E-state index in [-0.39, 0.29) is 24.6 Å². The summed E-state index contributed by atoms with van der Waals surface area (Å²) in [5.41, 5.74) is 1.35. The maximum absolute atomic E-state index is 12.4. The molecule has 0 spiro atoms. The minimum atomic E-state index is 0.0414. The molecule has 0 aliphatic carbocycles. The quantitative estimate of drug-likeness (QED) is 0.888. The van der Waals surface area contributed by atoms with Gasteiger partial charge in [-0.05, 0) is 31.7 Å². The van der Waals surface area contributed by atoms with Gasteiger partial charge in [0.2, 0.25) is 0 Å². The van der Waals surface area contributed by atoms with Gasteiger partial charge in [-0.1, -0.05) is 30.3 Å². The molecular formula is C19H29N3O2. The van der Waals surface area contributed by atoms with E-state index >= 15 is 0 Å². The Hall–Kier alpha value is -1.59. The average Bonchev–Trinajstić information content (AvgIpc) is 3.08. The highest BCUT2D eigenvalue weighted by Gasteiger charge is 2.30. The third-order valence-corrected chi connectivity index (χ3v) is 5.40. The molecule has 2 aliphatic rings. The first-order valence-electron chi connectivity index (χ1n) is 9.10. The van der Waals surface area contributed by atoms with Crippen LogP contribution in [0.25, 0.3) is 0 Å². The van der Waals surface area contributed by atoms with E-state index in [0.29, 0.717) is 12.6 Å². The van der Waals surface area contributed by atoms with Crippen molar-refractivity contribution in [2.75, 3.05) is 26.2 Å². The molecule has 2 aliphatic heterocycles. The molecule has 0 saturated carbocycles. The van der Waals surface area contributed by atoms with Crippen LogP contribution in [0.4, 0.5) is 4.79 Å². The van der Waals surface area contributed by atoms with Gasteiger partial charge in [0.1, 0.15) is 0 Å². The fourth-order valence-electron chi connectivity index (χ4n) is 3.84. The Bertz CT molecular complexity index is 537. The second-order valence-corrected chi connectivity index (χ2v) is 7.26. The number of piperidine rings is 1. The zero-order valence-electron chi connectivity index (χ0n) is 14.5. The molecule has 132 valence electrons. The highest BCUT2D eigenvalue weighted by molar-refractivity contribution is 5.74. The van der Waals surface area contributed by atoms with Gasteiger partial charge in [-0.3, -0.25) is 4.90 Å². The van der Waals surface area contributed by atoms with Gasteiger partial charge in [0.15, 0.2) is 0 Å². The van der Waals surface area contributed by atoms with Crippen molar-refractivity contribution in [1.82, 2.24) is 15.1 Å². The number of hydrogen-bond acceptors (Lipinski definition) is 3. The first kappa shape index (κ1) is 17.2. The number of aliphatic hydroxyl groups is 1. The summed E-state index contributed by atoms with van der Waals surface area (Å²) in [5.74, 6) is 0.252. The van der Waals surface area contributed by atoms with Gasteiger partial charge in [-0.25, -0.2) is 4.79 Å². The van der Waals surface area contributed by atoms with E-state index in [9.17, 15) is 9.90 Å². The summed E-state index contributed by atoms with van der Waals surface area (Å²) in [6, 6.07) is 11.3. The van der Waals surface area contributed by atoms with E-state index in [4.69, 9.17) is 0 Å². The van der Waals surface area contributed by atoms with Crippen LogP contribution in [0.5, 0.6) is 0 Å². The van der Waals surface area contributed by atoms with E-state index in [0.717, 1.165) is 38.9 Å². The molecule has 2 heterocycles. The van der Waals surface area contributed by atoms with E-state index in [1.807, 2.05) is 11.0 Å². The van der Waals surface area contributed by atoms with Crippen LogP contribution in [-0.2, 0) is 6.54 Å². The number of carbonyl (C=O) groups is 1. The molecule has 1 aromatic rings. The van der Waals surface area contributed by atoms with E-state index in [1.54, 1.807) is 0 Å². The number of likely N-dealkylation sites (tertiary alicyclic amines) is 2. The molecule has 24 heavy (non-hydrogen) atoms. The molecule has 3 unspecified atom stereocenters. The SMILES string of the molecule is CC1CC(NC(=O)N2CCC(CO)C2)CCN1Cc1ccccc1. The van der Waals surface area contributed by atoms with E-state index in [2.05, 4.69) is 41.4 Å². The van der Waals surface area contributed by atoms with Crippen molar-refractivity contribution in [3.63, 3.8) is 0 Å². The Balaban J connectivity index is 1.46. The van der Waals surface area contributed by atoms with Crippen LogP contribution in [0.2, 0.25) is 0 Å². The molecule has 5 heteroatoms. The van der Waals surface area contributed by atoms with E-state index < -0.39 is 0 Å². The summed E-state index contributed by atoms with van der Waals surface area (Å²) in [7, 11) is 0. The highest BCUT2D eigenvalue weighted by Crippen LogP contribution is 2.21. The molecular weight excluding hydrogens is 302 g/mol. The Morgan fingerprint density at radius 3 is 2.71 bits per heavy atom. The molecule has 3 rings (SSSR count). The van der Waals surface area contributed by atoms with Crippen molar-refractivity contribution in [3.05, 3.63) is 35.9 Å². The minimum Gasteiger partial charge on any atom is -0.396 e. The topological polar surface area (TPSA) is 55.8 Å². The maximum Gasteiger partial charge on any atom is 0.317 e. The Morgan fingerprint density at radius 2 is 2.04 bits per heavy atom. The fourth-order valence-corrected chi connectivity index (χ4v) is 3.84. The molecule has 2 saturated heterocycles. The van der Waals surface area contributed by atoms with Crippen molar-refractivity contribution in [2.24, 2.45) is 5.92 Å². The van der Waals surface area contributed by atoms with Crippen molar-refractivity contribution < 1.29 is 9.90 Å². The van der Waals surface area contributed by atoms with Crippen LogP contribution in [0.1, 0.15) is 31.7 Å². The molecule has 2 fully saturated rings. The van der Waals surface area contributed by atoms with E-state index in [1.165, 1.54) is 5.56 Å². The first-order valence-corrected chi connectivity index (χ1v) is 9.10. The third-order valence-electron chi connectivity index (χ3n) is 5.40. The zero-order chi connectivity index (χ0) is 16.9. The molecule has 5 nitrogen and oxygen atoms in total. The number of benzene rings is 1. The molecule has 1 aromatic carbocycles. The Morgan fingerprint density at radius 1 is 1.25 bits per heavy atom. The van der Waals surface area contributed by atoms with Gasteiger partial charge in [0, 0.05) is 50.8 Å². The Labute approximate surface area is 144 Å². The van der Waals surface area contributed by atoms with Gasteiger partial charge in [0.25, 0.3) is 0 Å². The third kappa shape index (κ3) is 4.28. The molecule has 0 bridgehead atoms. The molecule has 0 aromatic heterocycles. The molecule has 3 atom stereocenters. The summed E-state index contributed by atoms with van der Waals surface area (Å²) in [4.78, 5) is 16.7. The van der Waals surface area contributed by atoms with Crippen LogP contribution < -0.4 is 5.32 Å². The first-order chi connectivity index (χ1) is 11.7. The van der Waals surface area contributed by atoms with Crippen molar-refractivity contribution in [2.45, 2.75) is 44.8 Å². The predicted molar refractivity (Wildman–Crippen MR) is 94.6 cm³/mol. The normalized spacial score (nSPS) is 28.1. The van der Waals surface area contributed by atoms with Crippen molar-refractivity contribution >= 4 is 6.03 Å². The lowest BCUT2D eigenvalue weighted by Gasteiger charge is -2.38. The van der Waals surface area contributed by atoms with Crippen LogP contribution in [-0.4, -0.2) is 59.3 Å². The second-order valence-electron chi connectivity index (χ2n) is 7.26. The van der Waals surface area contributed by atoms with Gasteiger partial charge in [-0.2, -0.15) is 0 Å². The minimum absolute atomic E-state index is 0.0414. The summed E-state index contributed by atoms with van der Waals surface area (Å²) >= 11 is 0. The van der Waals surface area contributed by atoms with Gasteiger partial charge >= 0.3 is 6.03 Å². The number of rotatable bonds is 4. The lowest BCUT2D eigenvalue weighted by molar-refractivity contribution is 0.126. The smallest absolute Gasteiger partial charge is 0.317 e. The largest absolute Gasteiger partial charge is 0.396 e. The number of urea groups is 1. The van der Waals surface area contributed by atoms with Crippen molar-refractivity contribution in [3.8, 4) is 0 Å². The van der Waals surface area contributed by atoms with Crippen LogP contribution in [0.15, 0.2) is 30.3 Å². The number of nitrogens with one attached hydrogen (secondary N) is 1. The monoisotopic (exact) mass is 331 g/mol. The molecule has 0 radical (unpaired) electrons. The fraction of sp³-hybridized carbons (Fsp3) is 0.632. The number of amides is 2. The van der Waals surface area contributed by atoms with Crippen LogP contribution in [0, 0.1) is 5.92 Å². The standard InChI is InChI=1S/C19H29N3O2/c1-15-11-18(20-19(24)22-9-7-17(13-22)14-23)8-10-21(15)12-16-5-3-2-4-6-16/h2-6,15,17-18,23H,7-14H2,1H3,(H,20,24). The molecule has 2 N–H and O–H groups in total. The lowest BCUT2D eigenvalue weighted by Crippen LogP contribution is -2.51. The number of nitrogens with zero attached hydrogens (tertiary/aromatic N) is 2. The average molecular weight is 331 g/mol. The summed E-state index contributed by atoms with van der Waals surface area (Å²) < 4.78 is 0. The van der Waals surface area contributed by atoms with Gasteiger partial charge < -0.3 is 15.3 Å². The summed E-state index contributed by atoms with van der Waals surface area (Å²) in [5, 5.41) is 12.4. The van der Waals surface area contributed by atoms with Crippen LogP contribution >= 0.6 is 0 Å². The lowest BCUT2D eigenvalue weighted by atomic mass is 9.97. The number of carbonyl (C=O) groups excluding carboxylic acids is 1. The predicted octanol–water partition coefficient (Wildman–Crippen LogP) is 2.06. The summed E-state index contributed by atoms with van der Waals surface area (Å²) in [6.07, 6.45) is 2.91. The van der Waals surface area contributed by atoms with Crippen molar-refractivity contribution in [1.29, 1.82) is 0 Å². The van der Waals surface area contributed by atoms with Crippen LogP contribution in [0.3, 0.4) is 0 Å². The second kappa shape index (κ2) is 7.99. The number of aliphatic hydroxyl groups excluding tert-OH is 1. The zero-order valence-corrected chi connectivity index (χ0v) is 14.5. The Kier molecular flexibility index (Phi) is 5.74. The molecule has 2 amide bonds. The number of hydrogen-bond donors (Lipinski definition) is 2. The highest BCUT2D eigenvalue weighted by atomic mass is 16.3.